The molecule has 1 saturated carbocycles. The van der Waals surface area contributed by atoms with Crippen molar-refractivity contribution in [2.75, 3.05) is 33.4 Å². The highest BCUT2D eigenvalue weighted by Gasteiger charge is 2.36. The van der Waals surface area contributed by atoms with E-state index >= 15 is 0 Å². The molecule has 0 spiro atoms. The first-order valence-corrected chi connectivity index (χ1v) is 5.79. The molecule has 0 aliphatic heterocycles. The van der Waals surface area contributed by atoms with E-state index in [4.69, 9.17) is 10.5 Å². The minimum Gasteiger partial charge on any atom is -0.394 e. The maximum absolute atomic E-state index is 9.17. The quantitative estimate of drug-likeness (QED) is 0.623. The second-order valence-corrected chi connectivity index (χ2v) is 4.59. The Hall–Kier alpha value is -0.160. The topological polar surface area (TPSA) is 58.7 Å². The fourth-order valence-electron chi connectivity index (χ4n) is 2.18. The molecule has 0 amide bonds. The average molecular weight is 216 g/mol. The van der Waals surface area contributed by atoms with Crippen LogP contribution in [0.15, 0.2) is 0 Å². The van der Waals surface area contributed by atoms with Crippen LogP contribution in [0.3, 0.4) is 0 Å². The zero-order valence-corrected chi connectivity index (χ0v) is 9.91. The maximum Gasteiger partial charge on any atom is 0.0611 e. The van der Waals surface area contributed by atoms with Gasteiger partial charge in [0.25, 0.3) is 0 Å². The molecule has 0 saturated heterocycles. The Morgan fingerprint density at radius 2 is 2.33 bits per heavy atom. The highest BCUT2D eigenvalue weighted by Crippen LogP contribution is 2.30. The first kappa shape index (κ1) is 12.9. The first-order valence-electron chi connectivity index (χ1n) is 5.79. The molecule has 90 valence electrons. The van der Waals surface area contributed by atoms with E-state index in [1.54, 1.807) is 0 Å². The molecule has 2 atom stereocenters. The van der Waals surface area contributed by atoms with Gasteiger partial charge in [0.1, 0.15) is 0 Å². The molecule has 1 aliphatic rings. The molecular weight excluding hydrogens is 192 g/mol. The lowest BCUT2D eigenvalue weighted by atomic mass is 10.0. The van der Waals surface area contributed by atoms with Gasteiger partial charge in [-0.3, -0.25) is 0 Å². The van der Waals surface area contributed by atoms with Crippen LogP contribution in [0.2, 0.25) is 0 Å². The molecule has 1 fully saturated rings. The number of ether oxygens (including phenoxy) is 1. The molecule has 4 heteroatoms. The fraction of sp³-hybridized carbons (Fsp3) is 1.00. The van der Waals surface area contributed by atoms with Crippen LogP contribution in [0.1, 0.15) is 26.2 Å². The van der Waals surface area contributed by atoms with Crippen molar-refractivity contribution in [1.82, 2.24) is 4.90 Å². The number of hydrogen-bond donors (Lipinski definition) is 2. The summed E-state index contributed by atoms with van der Waals surface area (Å²) in [5.74, 6) is 0. The van der Waals surface area contributed by atoms with Gasteiger partial charge in [0.2, 0.25) is 0 Å². The number of hydrogen-bond acceptors (Lipinski definition) is 4. The fourth-order valence-corrected chi connectivity index (χ4v) is 2.18. The predicted molar refractivity (Wildman–Crippen MR) is 60.8 cm³/mol. The van der Waals surface area contributed by atoms with Gasteiger partial charge in [-0.2, -0.15) is 0 Å². The standard InChI is InChI=1S/C11H24N2O2/c1-3-15-7-6-13(2)10-4-5-11(12,8-10)9-14/h10,14H,3-9,12H2,1-2H3. The second kappa shape index (κ2) is 5.80. The Morgan fingerprint density at radius 3 is 2.87 bits per heavy atom. The summed E-state index contributed by atoms with van der Waals surface area (Å²) in [5, 5.41) is 9.17. The summed E-state index contributed by atoms with van der Waals surface area (Å²) < 4.78 is 5.32. The third-order valence-corrected chi connectivity index (χ3v) is 3.35. The van der Waals surface area contributed by atoms with Crippen LogP contribution in [0.4, 0.5) is 0 Å². The lowest BCUT2D eigenvalue weighted by Crippen LogP contribution is -2.43. The van der Waals surface area contributed by atoms with Gasteiger partial charge < -0.3 is 20.5 Å². The normalized spacial score (nSPS) is 31.4. The van der Waals surface area contributed by atoms with E-state index in [-0.39, 0.29) is 12.1 Å². The van der Waals surface area contributed by atoms with Crippen molar-refractivity contribution >= 4 is 0 Å². The van der Waals surface area contributed by atoms with Gasteiger partial charge >= 0.3 is 0 Å². The van der Waals surface area contributed by atoms with Gasteiger partial charge in [-0.05, 0) is 33.2 Å². The highest BCUT2D eigenvalue weighted by molar-refractivity contribution is 4.96. The number of likely N-dealkylation sites (N-methyl/N-ethyl adjacent to an activating group) is 1. The van der Waals surface area contributed by atoms with E-state index in [0.29, 0.717) is 6.04 Å². The molecule has 1 aliphatic carbocycles. The number of nitrogens with two attached hydrogens (primary N) is 1. The summed E-state index contributed by atoms with van der Waals surface area (Å²) in [5.41, 5.74) is 5.69. The van der Waals surface area contributed by atoms with Crippen molar-refractivity contribution < 1.29 is 9.84 Å². The Balaban J connectivity index is 2.27. The smallest absolute Gasteiger partial charge is 0.0611 e. The molecule has 0 heterocycles. The summed E-state index contributed by atoms with van der Waals surface area (Å²) in [6, 6.07) is 0.502. The first-order chi connectivity index (χ1) is 7.11. The van der Waals surface area contributed by atoms with Gasteiger partial charge in [-0.25, -0.2) is 0 Å². The zero-order valence-electron chi connectivity index (χ0n) is 9.91. The van der Waals surface area contributed by atoms with Crippen LogP contribution in [-0.4, -0.2) is 55.0 Å². The summed E-state index contributed by atoms with van der Waals surface area (Å²) in [6.07, 6.45) is 2.90. The lowest BCUT2D eigenvalue weighted by molar-refractivity contribution is 0.105. The number of nitrogens with zero attached hydrogens (tertiary/aromatic N) is 1. The second-order valence-electron chi connectivity index (χ2n) is 4.59. The molecule has 3 N–H and O–H groups in total. The molecule has 0 radical (unpaired) electrons. The van der Waals surface area contributed by atoms with E-state index in [1.165, 1.54) is 0 Å². The van der Waals surface area contributed by atoms with E-state index in [0.717, 1.165) is 39.0 Å². The van der Waals surface area contributed by atoms with Crippen molar-refractivity contribution in [3.63, 3.8) is 0 Å². The van der Waals surface area contributed by atoms with E-state index in [2.05, 4.69) is 11.9 Å². The monoisotopic (exact) mass is 216 g/mol. The van der Waals surface area contributed by atoms with Crippen molar-refractivity contribution in [3.8, 4) is 0 Å². The largest absolute Gasteiger partial charge is 0.394 e. The number of rotatable bonds is 6. The van der Waals surface area contributed by atoms with Crippen molar-refractivity contribution in [1.29, 1.82) is 0 Å². The summed E-state index contributed by atoms with van der Waals surface area (Å²) in [6.45, 7) is 4.60. The van der Waals surface area contributed by atoms with Gasteiger partial charge in [0, 0.05) is 24.7 Å². The van der Waals surface area contributed by atoms with E-state index in [1.807, 2.05) is 6.92 Å². The molecule has 4 nitrogen and oxygen atoms in total. The Bertz CT molecular complexity index is 189. The average Bonchev–Trinajstić information content (AvgIpc) is 2.62. The molecular formula is C11H24N2O2. The lowest BCUT2D eigenvalue weighted by Gasteiger charge is -2.26. The van der Waals surface area contributed by atoms with Crippen LogP contribution in [0.5, 0.6) is 0 Å². The third-order valence-electron chi connectivity index (χ3n) is 3.35. The molecule has 0 aromatic carbocycles. The highest BCUT2D eigenvalue weighted by atomic mass is 16.5. The molecule has 2 unspecified atom stereocenters. The van der Waals surface area contributed by atoms with Crippen LogP contribution < -0.4 is 5.73 Å². The minimum atomic E-state index is -0.343. The molecule has 0 aromatic rings. The SMILES string of the molecule is CCOCCN(C)C1CCC(N)(CO)C1. The molecule has 1 rings (SSSR count). The van der Waals surface area contributed by atoms with Gasteiger partial charge in [0.15, 0.2) is 0 Å². The van der Waals surface area contributed by atoms with E-state index in [9.17, 15) is 5.11 Å². The van der Waals surface area contributed by atoms with Crippen molar-refractivity contribution in [2.24, 2.45) is 5.73 Å². The predicted octanol–water partition coefficient (Wildman–Crippen LogP) is 0.197. The molecule has 0 bridgehead atoms. The van der Waals surface area contributed by atoms with Crippen molar-refractivity contribution in [2.45, 2.75) is 37.8 Å². The van der Waals surface area contributed by atoms with Crippen LogP contribution >= 0.6 is 0 Å². The summed E-state index contributed by atoms with van der Waals surface area (Å²) in [7, 11) is 2.10. The van der Waals surface area contributed by atoms with Crippen LogP contribution in [-0.2, 0) is 4.74 Å². The van der Waals surface area contributed by atoms with E-state index < -0.39 is 0 Å². The summed E-state index contributed by atoms with van der Waals surface area (Å²) in [4.78, 5) is 2.29. The number of aliphatic hydroxyl groups is 1. The Morgan fingerprint density at radius 1 is 1.60 bits per heavy atom. The van der Waals surface area contributed by atoms with Gasteiger partial charge in [0.05, 0.1) is 13.2 Å². The molecule has 0 aromatic heterocycles. The summed E-state index contributed by atoms with van der Waals surface area (Å²) >= 11 is 0. The molecule has 15 heavy (non-hydrogen) atoms. The van der Waals surface area contributed by atoms with Crippen LogP contribution in [0, 0.1) is 0 Å². The Kier molecular flexibility index (Phi) is 4.99. The zero-order chi connectivity index (χ0) is 11.3. The number of aliphatic hydroxyl groups excluding tert-OH is 1. The minimum absolute atomic E-state index is 0.100. The van der Waals surface area contributed by atoms with Gasteiger partial charge in [-0.15, -0.1) is 0 Å². The third kappa shape index (κ3) is 3.72. The Labute approximate surface area is 92.4 Å². The van der Waals surface area contributed by atoms with Gasteiger partial charge in [-0.1, -0.05) is 0 Å². The maximum atomic E-state index is 9.17. The van der Waals surface area contributed by atoms with Crippen LogP contribution in [0.25, 0.3) is 0 Å². The van der Waals surface area contributed by atoms with Crippen molar-refractivity contribution in [3.05, 3.63) is 0 Å².